The minimum atomic E-state index is -4.25. The highest BCUT2D eigenvalue weighted by Gasteiger charge is 2.42. The molecule has 1 saturated heterocycles. The molecule has 0 aliphatic carbocycles. The summed E-state index contributed by atoms with van der Waals surface area (Å²) < 4.78 is 40.3. The van der Waals surface area contributed by atoms with E-state index in [-0.39, 0.29) is 19.1 Å². The summed E-state index contributed by atoms with van der Waals surface area (Å²) in [6.07, 6.45) is -4.25. The van der Waals surface area contributed by atoms with Crippen LogP contribution in [0.4, 0.5) is 19.1 Å². The third-order valence-electron chi connectivity index (χ3n) is 2.93. The second-order valence-corrected chi connectivity index (χ2v) is 5.42. The van der Waals surface area contributed by atoms with Crippen molar-refractivity contribution in [2.45, 2.75) is 32.1 Å². The topological polar surface area (TPSA) is 46.0 Å². The molecule has 0 spiro atoms. The third kappa shape index (κ3) is 3.19. The maximum Gasteiger partial charge on any atom is 0.405 e. The Morgan fingerprint density at radius 2 is 2.11 bits per heavy atom. The molecule has 19 heavy (non-hydrogen) atoms. The molecule has 1 atom stereocenters. The summed E-state index contributed by atoms with van der Waals surface area (Å²) in [7, 11) is 0. The molecular weight excluding hydrogens is 327 g/mol. The van der Waals surface area contributed by atoms with Gasteiger partial charge in [-0.25, -0.2) is 4.68 Å². The van der Waals surface area contributed by atoms with Crippen LogP contribution < -0.4 is 10.2 Å². The van der Waals surface area contributed by atoms with Crippen molar-refractivity contribution in [2.24, 2.45) is 0 Å². The lowest BCUT2D eigenvalue weighted by Gasteiger charge is -2.35. The molecule has 0 saturated carbocycles. The lowest BCUT2D eigenvalue weighted by Crippen LogP contribution is -2.57. The lowest BCUT2D eigenvalue weighted by atomic mass is 10.2. The molecule has 108 valence electrons. The third-order valence-corrected chi connectivity index (χ3v) is 3.27. The van der Waals surface area contributed by atoms with Gasteiger partial charge in [-0.3, -0.25) is 0 Å². The van der Waals surface area contributed by atoms with Crippen molar-refractivity contribution >= 4 is 21.9 Å². The normalized spacial score (nSPS) is 21.2. The number of nitrogens with one attached hydrogen (secondary N) is 1. The number of rotatable bonds is 2. The molecule has 0 aromatic carbocycles. The van der Waals surface area contributed by atoms with Crippen LogP contribution in [-0.4, -0.2) is 46.6 Å². The standard InChI is InChI=1S/C10H15BrF3N5/c1-6(2)19-9(16-8(11)17-19)18-4-3-15-7(5-18)10(12,13)14/h6-7,15H,3-5H2,1-2H3. The van der Waals surface area contributed by atoms with Crippen molar-refractivity contribution in [1.82, 2.24) is 20.1 Å². The van der Waals surface area contributed by atoms with Gasteiger partial charge in [0.2, 0.25) is 10.7 Å². The molecule has 1 aromatic heterocycles. The molecule has 5 nitrogen and oxygen atoms in total. The zero-order valence-corrected chi connectivity index (χ0v) is 12.2. The zero-order valence-electron chi connectivity index (χ0n) is 10.6. The fourth-order valence-corrected chi connectivity index (χ4v) is 2.33. The van der Waals surface area contributed by atoms with E-state index in [0.29, 0.717) is 17.2 Å². The molecule has 0 bridgehead atoms. The van der Waals surface area contributed by atoms with E-state index in [1.807, 2.05) is 13.8 Å². The number of aromatic nitrogens is 3. The summed E-state index contributed by atoms with van der Waals surface area (Å²) in [6, 6.07) is -1.50. The SMILES string of the molecule is CC(C)n1nc(Br)nc1N1CCNC(C(F)(F)F)C1. The Balaban J connectivity index is 2.22. The Bertz CT molecular complexity index is 445. The Morgan fingerprint density at radius 1 is 1.42 bits per heavy atom. The van der Waals surface area contributed by atoms with E-state index in [2.05, 4.69) is 31.3 Å². The highest BCUT2D eigenvalue weighted by molar-refractivity contribution is 9.10. The summed E-state index contributed by atoms with van der Waals surface area (Å²) in [5, 5.41) is 6.63. The van der Waals surface area contributed by atoms with Crippen molar-refractivity contribution in [3.05, 3.63) is 4.73 Å². The molecule has 2 rings (SSSR count). The number of nitrogens with zero attached hydrogens (tertiary/aromatic N) is 4. The van der Waals surface area contributed by atoms with Crippen LogP contribution in [0.25, 0.3) is 0 Å². The molecule has 1 unspecified atom stereocenters. The monoisotopic (exact) mass is 341 g/mol. The molecule has 1 aliphatic heterocycles. The van der Waals surface area contributed by atoms with Crippen LogP contribution in [0, 0.1) is 0 Å². The van der Waals surface area contributed by atoms with Gasteiger partial charge in [-0.15, -0.1) is 5.10 Å². The van der Waals surface area contributed by atoms with Gasteiger partial charge in [-0.1, -0.05) is 0 Å². The highest BCUT2D eigenvalue weighted by Crippen LogP contribution is 2.26. The molecule has 0 amide bonds. The van der Waals surface area contributed by atoms with E-state index in [1.165, 1.54) is 0 Å². The Hall–Kier alpha value is -0.830. The van der Waals surface area contributed by atoms with Crippen molar-refractivity contribution in [1.29, 1.82) is 0 Å². The average molecular weight is 342 g/mol. The Labute approximate surface area is 117 Å². The zero-order chi connectivity index (χ0) is 14.2. The van der Waals surface area contributed by atoms with E-state index < -0.39 is 12.2 Å². The van der Waals surface area contributed by atoms with Gasteiger partial charge in [-0.05, 0) is 29.8 Å². The summed E-state index contributed by atoms with van der Waals surface area (Å²) in [5.74, 6) is 0.470. The second kappa shape index (κ2) is 5.28. The summed E-state index contributed by atoms with van der Waals surface area (Å²) >= 11 is 3.16. The van der Waals surface area contributed by atoms with Gasteiger partial charge in [0.15, 0.2) is 0 Å². The summed E-state index contributed by atoms with van der Waals surface area (Å²) in [6.45, 7) is 4.42. The summed E-state index contributed by atoms with van der Waals surface area (Å²) in [4.78, 5) is 5.79. The average Bonchev–Trinajstić information content (AvgIpc) is 2.71. The number of halogens is 4. The van der Waals surface area contributed by atoms with Crippen LogP contribution in [0.15, 0.2) is 4.73 Å². The Kier molecular flexibility index (Phi) is 4.05. The van der Waals surface area contributed by atoms with Crippen LogP contribution in [0.1, 0.15) is 19.9 Å². The van der Waals surface area contributed by atoms with Crippen molar-refractivity contribution in [3.8, 4) is 0 Å². The number of alkyl halides is 3. The molecule has 1 aromatic rings. The fraction of sp³-hybridized carbons (Fsp3) is 0.800. The first-order chi connectivity index (χ1) is 8.79. The molecular formula is C10H15BrF3N5. The predicted molar refractivity (Wildman–Crippen MR) is 68.2 cm³/mol. The molecule has 0 radical (unpaired) electrons. The summed E-state index contributed by atoms with van der Waals surface area (Å²) in [5.41, 5.74) is 0. The van der Waals surface area contributed by atoms with E-state index in [1.54, 1.807) is 9.58 Å². The smallest absolute Gasteiger partial charge is 0.338 e. The lowest BCUT2D eigenvalue weighted by molar-refractivity contribution is -0.155. The van der Waals surface area contributed by atoms with Gasteiger partial charge in [-0.2, -0.15) is 18.2 Å². The van der Waals surface area contributed by atoms with Crippen LogP contribution in [-0.2, 0) is 0 Å². The quantitative estimate of drug-likeness (QED) is 0.893. The Morgan fingerprint density at radius 3 is 2.68 bits per heavy atom. The molecule has 2 heterocycles. The maximum absolute atomic E-state index is 12.8. The van der Waals surface area contributed by atoms with Gasteiger partial charge in [0, 0.05) is 19.6 Å². The van der Waals surface area contributed by atoms with Crippen molar-refractivity contribution in [2.75, 3.05) is 24.5 Å². The van der Waals surface area contributed by atoms with Crippen molar-refractivity contribution < 1.29 is 13.2 Å². The molecule has 9 heteroatoms. The number of piperazine rings is 1. The van der Waals surface area contributed by atoms with Crippen LogP contribution in [0.3, 0.4) is 0 Å². The van der Waals surface area contributed by atoms with Gasteiger partial charge in [0.25, 0.3) is 0 Å². The molecule has 1 fully saturated rings. The van der Waals surface area contributed by atoms with Crippen LogP contribution in [0.5, 0.6) is 0 Å². The van der Waals surface area contributed by atoms with Crippen LogP contribution >= 0.6 is 15.9 Å². The number of hydrogen-bond acceptors (Lipinski definition) is 4. The minimum Gasteiger partial charge on any atom is -0.338 e. The second-order valence-electron chi connectivity index (χ2n) is 4.71. The first kappa shape index (κ1) is 14.6. The fourth-order valence-electron chi connectivity index (χ4n) is 2.00. The number of anilines is 1. The minimum absolute atomic E-state index is 0.0352. The molecule has 1 N–H and O–H groups in total. The maximum atomic E-state index is 12.8. The molecule has 1 aliphatic rings. The van der Waals surface area contributed by atoms with Gasteiger partial charge in [0.05, 0.1) is 6.04 Å². The van der Waals surface area contributed by atoms with Crippen LogP contribution in [0.2, 0.25) is 0 Å². The first-order valence-corrected chi connectivity index (χ1v) is 6.75. The van der Waals surface area contributed by atoms with Crippen molar-refractivity contribution in [3.63, 3.8) is 0 Å². The van der Waals surface area contributed by atoms with Gasteiger partial charge in [0.1, 0.15) is 6.04 Å². The van der Waals surface area contributed by atoms with Gasteiger partial charge >= 0.3 is 6.18 Å². The van der Waals surface area contributed by atoms with E-state index in [9.17, 15) is 13.2 Å². The van der Waals surface area contributed by atoms with E-state index in [0.717, 1.165) is 0 Å². The predicted octanol–water partition coefficient (Wildman–Crippen LogP) is 1.96. The van der Waals surface area contributed by atoms with E-state index in [4.69, 9.17) is 0 Å². The number of hydrogen-bond donors (Lipinski definition) is 1. The van der Waals surface area contributed by atoms with E-state index >= 15 is 0 Å². The highest BCUT2D eigenvalue weighted by atomic mass is 79.9. The first-order valence-electron chi connectivity index (χ1n) is 5.96. The largest absolute Gasteiger partial charge is 0.405 e. The van der Waals surface area contributed by atoms with Gasteiger partial charge < -0.3 is 10.2 Å².